The van der Waals surface area contributed by atoms with Crippen LogP contribution in [0.2, 0.25) is 0 Å². The molecule has 0 saturated carbocycles. The Bertz CT molecular complexity index is 1060. The van der Waals surface area contributed by atoms with E-state index in [4.69, 9.17) is 9.26 Å². The van der Waals surface area contributed by atoms with Gasteiger partial charge in [0, 0.05) is 24.7 Å². The third kappa shape index (κ3) is 7.76. The number of aliphatic hydroxyl groups excluding tert-OH is 1. The molecule has 1 aromatic heterocycles. The van der Waals surface area contributed by atoms with E-state index < -0.39 is 17.8 Å². The van der Waals surface area contributed by atoms with E-state index in [-0.39, 0.29) is 6.61 Å². The molecule has 3 rings (SSSR count). The highest BCUT2D eigenvalue weighted by atomic mass is 19.4. The maximum atomic E-state index is 12.9. The molecule has 1 heterocycles. The quantitative estimate of drug-likeness (QED) is 0.457. The van der Waals surface area contributed by atoms with Gasteiger partial charge >= 0.3 is 6.18 Å². The Labute approximate surface area is 191 Å². The minimum Gasteiger partial charge on any atom is -0.490 e. The van der Waals surface area contributed by atoms with Gasteiger partial charge < -0.3 is 19.3 Å². The molecule has 33 heavy (non-hydrogen) atoms. The van der Waals surface area contributed by atoms with Gasteiger partial charge in [0.15, 0.2) is 5.76 Å². The summed E-state index contributed by atoms with van der Waals surface area (Å²) in [5.41, 5.74) is 1.57. The van der Waals surface area contributed by atoms with Crippen LogP contribution in [-0.4, -0.2) is 48.0 Å². The highest BCUT2D eigenvalue weighted by Crippen LogP contribution is 2.29. The van der Waals surface area contributed by atoms with Crippen LogP contribution in [-0.2, 0) is 12.6 Å². The van der Waals surface area contributed by atoms with Crippen LogP contribution in [0.3, 0.4) is 0 Å². The van der Waals surface area contributed by atoms with Gasteiger partial charge in [-0.3, -0.25) is 0 Å². The Morgan fingerprint density at radius 2 is 1.91 bits per heavy atom. The van der Waals surface area contributed by atoms with Crippen LogP contribution < -0.4 is 4.74 Å². The molecule has 0 aliphatic rings. The molecule has 0 amide bonds. The molecule has 0 saturated heterocycles. The lowest BCUT2D eigenvalue weighted by Crippen LogP contribution is -2.34. The van der Waals surface area contributed by atoms with Crippen LogP contribution in [0, 0.1) is 6.92 Å². The number of nitrogens with zero attached hydrogens (tertiary/aromatic N) is 2. The zero-order valence-corrected chi connectivity index (χ0v) is 18.5. The molecule has 1 atom stereocenters. The van der Waals surface area contributed by atoms with Crippen molar-refractivity contribution in [2.45, 2.75) is 25.6 Å². The van der Waals surface area contributed by atoms with E-state index in [0.29, 0.717) is 36.6 Å². The normalized spacial score (nSPS) is 13.1. The van der Waals surface area contributed by atoms with Crippen LogP contribution in [0.4, 0.5) is 13.2 Å². The van der Waals surface area contributed by atoms with Crippen molar-refractivity contribution < 1.29 is 27.5 Å². The minimum atomic E-state index is -4.35. The van der Waals surface area contributed by atoms with Crippen LogP contribution in [0.15, 0.2) is 59.1 Å². The summed E-state index contributed by atoms with van der Waals surface area (Å²) in [4.78, 5) is 1.87. The Kier molecular flexibility index (Phi) is 8.30. The van der Waals surface area contributed by atoms with Gasteiger partial charge in [-0.2, -0.15) is 13.2 Å². The number of benzene rings is 2. The zero-order chi connectivity index (χ0) is 23.8. The van der Waals surface area contributed by atoms with Crippen molar-refractivity contribution in [1.82, 2.24) is 10.1 Å². The van der Waals surface area contributed by atoms with Gasteiger partial charge in [-0.1, -0.05) is 41.6 Å². The fourth-order valence-corrected chi connectivity index (χ4v) is 3.30. The van der Waals surface area contributed by atoms with Gasteiger partial charge in [-0.15, -0.1) is 0 Å². The summed E-state index contributed by atoms with van der Waals surface area (Å²) < 4.78 is 49.6. The second-order valence-electron chi connectivity index (χ2n) is 7.92. The molecule has 0 aliphatic carbocycles. The van der Waals surface area contributed by atoms with Crippen molar-refractivity contribution in [3.8, 4) is 5.75 Å². The number of para-hydroxylation sites is 1. The van der Waals surface area contributed by atoms with Gasteiger partial charge in [-0.05, 0) is 50.2 Å². The number of likely N-dealkylation sites (N-methyl/N-ethyl adjacent to an activating group) is 1. The number of ether oxygens (including phenoxy) is 1. The number of aryl methyl sites for hydroxylation is 1. The second-order valence-corrected chi connectivity index (χ2v) is 7.92. The molecule has 1 unspecified atom stereocenters. The van der Waals surface area contributed by atoms with E-state index in [2.05, 4.69) is 5.16 Å². The average molecular weight is 460 g/mol. The van der Waals surface area contributed by atoms with Gasteiger partial charge in [0.1, 0.15) is 18.5 Å². The Hall–Kier alpha value is -3.10. The highest BCUT2D eigenvalue weighted by Gasteiger charge is 2.30. The lowest BCUT2D eigenvalue weighted by molar-refractivity contribution is -0.137. The van der Waals surface area contributed by atoms with E-state index in [1.165, 1.54) is 6.07 Å². The largest absolute Gasteiger partial charge is 0.490 e. The lowest BCUT2D eigenvalue weighted by Gasteiger charge is -2.21. The Balaban J connectivity index is 1.48. The fourth-order valence-electron chi connectivity index (χ4n) is 3.30. The van der Waals surface area contributed by atoms with Crippen molar-refractivity contribution in [3.63, 3.8) is 0 Å². The van der Waals surface area contributed by atoms with Gasteiger partial charge in [0.05, 0.1) is 11.3 Å². The van der Waals surface area contributed by atoms with E-state index in [9.17, 15) is 18.3 Å². The maximum absolute atomic E-state index is 12.9. The molecule has 0 fully saturated rings. The maximum Gasteiger partial charge on any atom is 0.416 e. The molecule has 0 radical (unpaired) electrons. The monoisotopic (exact) mass is 460 g/mol. The standard InChI is InChI=1S/C25H27F3N2O3/c1-18-14-23(33-29-18)11-10-20-7-3-4-9-24(20)32-17-22(31)16-30(2)13-12-19-6-5-8-21(15-19)25(26,27)28/h3-11,14-15,22,31H,12-13,16-17H2,1-2H3. The van der Waals surface area contributed by atoms with E-state index in [1.54, 1.807) is 12.1 Å². The average Bonchev–Trinajstić information content (AvgIpc) is 3.20. The predicted octanol–water partition coefficient (Wildman–Crippen LogP) is 5.09. The molecule has 2 aromatic carbocycles. The molecule has 176 valence electrons. The Morgan fingerprint density at radius 1 is 1.12 bits per heavy atom. The van der Waals surface area contributed by atoms with Crippen molar-refractivity contribution in [3.05, 3.63) is 82.7 Å². The van der Waals surface area contributed by atoms with Crippen LogP contribution in [0.25, 0.3) is 12.2 Å². The third-order valence-corrected chi connectivity index (χ3v) is 4.98. The third-order valence-electron chi connectivity index (χ3n) is 4.98. The second kappa shape index (κ2) is 11.2. The van der Waals surface area contributed by atoms with E-state index >= 15 is 0 Å². The fraction of sp³-hybridized carbons (Fsp3) is 0.320. The molecular formula is C25H27F3N2O3. The SMILES string of the molecule is Cc1cc(C=Cc2ccccc2OCC(O)CN(C)CCc2cccc(C(F)(F)F)c2)on1. The first-order chi connectivity index (χ1) is 15.7. The first-order valence-corrected chi connectivity index (χ1v) is 10.6. The van der Waals surface area contributed by atoms with Crippen LogP contribution >= 0.6 is 0 Å². The molecule has 3 aromatic rings. The topological polar surface area (TPSA) is 58.7 Å². The summed E-state index contributed by atoms with van der Waals surface area (Å²) in [5.74, 6) is 1.25. The number of alkyl halides is 3. The van der Waals surface area contributed by atoms with Crippen molar-refractivity contribution in [1.29, 1.82) is 0 Å². The molecule has 0 aliphatic heterocycles. The summed E-state index contributed by atoms with van der Waals surface area (Å²) in [5, 5.41) is 14.2. The van der Waals surface area contributed by atoms with Crippen molar-refractivity contribution >= 4 is 12.2 Å². The molecule has 0 bridgehead atoms. The van der Waals surface area contributed by atoms with Gasteiger partial charge in [0.2, 0.25) is 0 Å². The molecule has 0 spiro atoms. The number of halogens is 3. The van der Waals surface area contributed by atoms with Gasteiger partial charge in [-0.25, -0.2) is 0 Å². The van der Waals surface area contributed by atoms with Gasteiger partial charge in [0.25, 0.3) is 0 Å². The predicted molar refractivity (Wildman–Crippen MR) is 121 cm³/mol. The molecule has 1 N–H and O–H groups in total. The summed E-state index contributed by atoms with van der Waals surface area (Å²) in [6.45, 7) is 2.76. The minimum absolute atomic E-state index is 0.0835. The number of rotatable bonds is 10. The molecule has 5 nitrogen and oxygen atoms in total. The van der Waals surface area contributed by atoms with E-state index in [0.717, 1.165) is 23.4 Å². The van der Waals surface area contributed by atoms with Crippen LogP contribution in [0.5, 0.6) is 5.75 Å². The number of aliphatic hydroxyl groups is 1. The van der Waals surface area contributed by atoms with Crippen molar-refractivity contribution in [2.75, 3.05) is 26.7 Å². The first-order valence-electron chi connectivity index (χ1n) is 10.6. The number of aromatic nitrogens is 1. The summed E-state index contributed by atoms with van der Waals surface area (Å²) in [6.07, 6.45) is -1.02. The first kappa shape index (κ1) is 24.5. The smallest absolute Gasteiger partial charge is 0.416 e. The lowest BCUT2D eigenvalue weighted by atomic mass is 10.1. The highest BCUT2D eigenvalue weighted by molar-refractivity contribution is 5.70. The zero-order valence-electron chi connectivity index (χ0n) is 18.5. The van der Waals surface area contributed by atoms with Crippen LogP contribution in [0.1, 0.15) is 28.1 Å². The van der Waals surface area contributed by atoms with E-state index in [1.807, 2.05) is 55.3 Å². The molecular weight excluding hydrogens is 433 g/mol. The summed E-state index contributed by atoms with van der Waals surface area (Å²) in [7, 11) is 1.81. The number of hydrogen-bond donors (Lipinski definition) is 1. The van der Waals surface area contributed by atoms with Crippen molar-refractivity contribution in [2.24, 2.45) is 0 Å². The summed E-state index contributed by atoms with van der Waals surface area (Å²) >= 11 is 0. The summed E-state index contributed by atoms with van der Waals surface area (Å²) in [6, 6.07) is 14.6. The number of hydrogen-bond acceptors (Lipinski definition) is 5. The Morgan fingerprint density at radius 3 is 2.64 bits per heavy atom. The molecule has 8 heteroatoms.